The Morgan fingerprint density at radius 1 is 1.31 bits per heavy atom. The molecule has 0 atom stereocenters. The number of H-pyrrole nitrogens is 1. The Bertz CT molecular complexity index is 1360. The number of fused-ring (bicyclic) bond motifs is 2. The molecule has 5 rings (SSSR count). The number of carboxylic acids is 1. The van der Waals surface area contributed by atoms with Gasteiger partial charge >= 0.3 is 5.97 Å². The molecule has 0 saturated heterocycles. The van der Waals surface area contributed by atoms with Gasteiger partial charge in [0.2, 0.25) is 12.4 Å². The van der Waals surface area contributed by atoms with Crippen LogP contribution in [0.4, 0.5) is 4.39 Å². The molecule has 2 aromatic heterocycles. The van der Waals surface area contributed by atoms with E-state index in [4.69, 9.17) is 28.1 Å². The lowest BCUT2D eigenvalue weighted by Gasteiger charge is -2.14. The summed E-state index contributed by atoms with van der Waals surface area (Å²) in [5.74, 6) is -0.401. The van der Waals surface area contributed by atoms with Gasteiger partial charge in [0.25, 0.3) is 0 Å². The number of nitrogens with one attached hydrogen (secondary N) is 1. The number of carboxylic acid groups (broad SMARTS) is 1. The summed E-state index contributed by atoms with van der Waals surface area (Å²) in [5.41, 5.74) is 0.881. The summed E-state index contributed by atoms with van der Waals surface area (Å²) in [6.07, 6.45) is 0. The number of aromatic carboxylic acids is 1. The predicted octanol–water partition coefficient (Wildman–Crippen LogP) is 4.48. The molecule has 2 aromatic carbocycles. The van der Waals surface area contributed by atoms with E-state index in [2.05, 4.69) is 5.16 Å². The Kier molecular flexibility index (Phi) is 4.90. The molecule has 0 unspecified atom stereocenters. The molecule has 3 heterocycles. The number of aromatic nitrogens is 2. The van der Waals surface area contributed by atoms with E-state index in [1.807, 2.05) is 6.07 Å². The first-order valence-electron chi connectivity index (χ1n) is 9.19. The lowest BCUT2D eigenvalue weighted by molar-refractivity contribution is 0.0658. The Labute approximate surface area is 182 Å². The van der Waals surface area contributed by atoms with Gasteiger partial charge in [-0.3, -0.25) is 4.63 Å². The maximum atomic E-state index is 14.8. The molecule has 0 bridgehead atoms. The van der Waals surface area contributed by atoms with Crippen LogP contribution in [0.2, 0.25) is 0 Å². The minimum absolute atomic E-state index is 0.00318. The van der Waals surface area contributed by atoms with E-state index < -0.39 is 11.8 Å². The van der Waals surface area contributed by atoms with Crippen LogP contribution < -0.4 is 18.9 Å². The van der Waals surface area contributed by atoms with E-state index in [9.17, 15) is 14.3 Å². The van der Waals surface area contributed by atoms with Gasteiger partial charge in [0.15, 0.2) is 39.4 Å². The molecule has 10 nitrogen and oxygen atoms in total. The Hall–Kier alpha value is -4.06. The summed E-state index contributed by atoms with van der Waals surface area (Å²) < 4.78 is 47.4. The molecule has 1 aliphatic heterocycles. The zero-order chi connectivity index (χ0) is 22.2. The van der Waals surface area contributed by atoms with Gasteiger partial charge in [-0.15, -0.1) is 11.3 Å². The third-order valence-electron chi connectivity index (χ3n) is 4.64. The molecule has 0 fully saturated rings. The number of benzene rings is 2. The molecule has 0 amide bonds. The number of thiophene rings is 1. The van der Waals surface area contributed by atoms with Crippen molar-refractivity contribution in [2.24, 2.45) is 0 Å². The third kappa shape index (κ3) is 3.39. The quantitative estimate of drug-likeness (QED) is 0.430. The molecule has 32 heavy (non-hydrogen) atoms. The number of methoxy groups -OCH3 is 1. The molecular weight excluding hydrogens is 447 g/mol. The van der Waals surface area contributed by atoms with Gasteiger partial charge in [-0.1, -0.05) is 12.1 Å². The molecule has 2 N–H and O–H groups in total. The lowest BCUT2D eigenvalue weighted by atomic mass is 10.2. The largest absolute Gasteiger partial charge is 0.493 e. The number of nitrogens with zero attached hydrogens (tertiary/aromatic N) is 1. The molecule has 1 aliphatic rings. The van der Waals surface area contributed by atoms with E-state index in [0.29, 0.717) is 17.0 Å². The highest BCUT2D eigenvalue weighted by Gasteiger charge is 2.21. The zero-order valence-corrected chi connectivity index (χ0v) is 17.2. The van der Waals surface area contributed by atoms with Crippen LogP contribution in [0.1, 0.15) is 15.2 Å². The average molecular weight is 462 g/mol. The first-order chi connectivity index (χ1) is 15.5. The zero-order valence-electron chi connectivity index (χ0n) is 16.4. The van der Waals surface area contributed by atoms with Crippen molar-refractivity contribution < 1.29 is 42.4 Å². The lowest BCUT2D eigenvalue weighted by Crippen LogP contribution is -2.04. The molecule has 0 radical (unpaired) electrons. The van der Waals surface area contributed by atoms with Crippen LogP contribution in [-0.4, -0.2) is 35.0 Å². The van der Waals surface area contributed by atoms with E-state index >= 15 is 0 Å². The predicted molar refractivity (Wildman–Crippen MR) is 108 cm³/mol. The van der Waals surface area contributed by atoms with Gasteiger partial charge in [-0.25, -0.2) is 9.18 Å². The van der Waals surface area contributed by atoms with Crippen molar-refractivity contribution in [2.45, 2.75) is 6.61 Å². The molecular formula is C20H15FN2O8S. The highest BCUT2D eigenvalue weighted by Crippen LogP contribution is 2.38. The second kappa shape index (κ2) is 7.89. The van der Waals surface area contributed by atoms with Gasteiger partial charge in [0.1, 0.15) is 12.1 Å². The van der Waals surface area contributed by atoms with Gasteiger partial charge in [-0.05, 0) is 11.0 Å². The molecule has 12 heteroatoms. The van der Waals surface area contributed by atoms with Crippen LogP contribution in [-0.2, 0) is 6.61 Å². The number of halogens is 1. The summed E-state index contributed by atoms with van der Waals surface area (Å²) in [4.78, 5) is 12.1. The van der Waals surface area contributed by atoms with Crippen molar-refractivity contribution in [3.63, 3.8) is 0 Å². The van der Waals surface area contributed by atoms with Gasteiger partial charge in [0.05, 0.1) is 7.11 Å². The number of para-hydroxylation sites is 1. The Morgan fingerprint density at radius 3 is 3.00 bits per heavy atom. The minimum Gasteiger partial charge on any atom is -0.493 e. The topological polar surface area (TPSA) is 121 Å². The van der Waals surface area contributed by atoms with Crippen molar-refractivity contribution >= 4 is 28.4 Å². The van der Waals surface area contributed by atoms with Crippen LogP contribution in [0.15, 0.2) is 44.9 Å². The fourth-order valence-electron chi connectivity index (χ4n) is 3.14. The smallest absolute Gasteiger partial charge is 0.349 e. The van der Waals surface area contributed by atoms with Crippen LogP contribution >= 0.6 is 11.3 Å². The van der Waals surface area contributed by atoms with Gasteiger partial charge in [-0.2, -0.15) is 5.16 Å². The fourth-order valence-corrected chi connectivity index (χ4v) is 3.89. The van der Waals surface area contributed by atoms with Gasteiger partial charge < -0.3 is 28.6 Å². The highest BCUT2D eigenvalue weighted by molar-refractivity contribution is 7.13. The molecule has 0 aliphatic carbocycles. The maximum absolute atomic E-state index is 14.8. The first-order valence-corrected chi connectivity index (χ1v) is 10.1. The summed E-state index contributed by atoms with van der Waals surface area (Å²) in [7, 11) is 1.38. The van der Waals surface area contributed by atoms with Crippen LogP contribution in [0, 0.1) is 5.82 Å². The normalized spacial score (nSPS) is 12.2. The summed E-state index contributed by atoms with van der Waals surface area (Å²) in [5, 5.41) is 13.4. The molecule has 0 saturated carbocycles. The second-order valence-electron chi connectivity index (χ2n) is 6.55. The summed E-state index contributed by atoms with van der Waals surface area (Å²) >= 11 is 0.945. The monoisotopic (exact) mass is 462 g/mol. The van der Waals surface area contributed by atoms with Crippen LogP contribution in [0.3, 0.4) is 0 Å². The van der Waals surface area contributed by atoms with Crippen LogP contribution in [0.25, 0.3) is 16.8 Å². The molecule has 166 valence electrons. The average Bonchev–Trinajstić information content (AvgIpc) is 3.44. The van der Waals surface area contributed by atoms with Crippen molar-refractivity contribution in [1.82, 2.24) is 10.1 Å². The van der Waals surface area contributed by atoms with Gasteiger partial charge in [0, 0.05) is 23.1 Å². The SMILES string of the molecule is COc1cc(F)c(-n2o[nH]c3csc(C(=O)O)c3o2)cc1OCc1cccc2c1OCO2. The van der Waals surface area contributed by atoms with E-state index in [0.717, 1.165) is 27.9 Å². The fraction of sp³-hybridized carbons (Fsp3) is 0.150. The Morgan fingerprint density at radius 2 is 2.19 bits per heavy atom. The van der Waals surface area contributed by atoms with E-state index in [1.165, 1.54) is 18.6 Å². The number of hydrogen-bond acceptors (Lipinski definition) is 8. The number of aromatic amines is 1. The molecule has 0 spiro atoms. The number of rotatable bonds is 6. The second-order valence-corrected chi connectivity index (χ2v) is 7.43. The number of ether oxygens (including phenoxy) is 4. The standard InChI is InChI=1S/C20H15FN2O8S/c1-26-15-5-11(21)13(23-30-18-12(22-31-23)8-32-19(18)20(24)25)6-16(15)27-7-10-3-2-4-14-17(10)29-9-28-14/h2-6,8,22H,7,9H2,1H3,(H,24,25). The third-order valence-corrected chi connectivity index (χ3v) is 5.59. The van der Waals surface area contributed by atoms with E-state index in [1.54, 1.807) is 12.1 Å². The first kappa shape index (κ1) is 19.9. The maximum Gasteiger partial charge on any atom is 0.349 e. The number of carbonyl (C=O) groups is 1. The van der Waals surface area contributed by atoms with Crippen molar-refractivity contribution in [3.05, 3.63) is 52.0 Å². The van der Waals surface area contributed by atoms with Crippen molar-refractivity contribution in [3.8, 4) is 28.7 Å². The molecule has 4 aromatic rings. The van der Waals surface area contributed by atoms with Crippen molar-refractivity contribution in [1.29, 1.82) is 0 Å². The Balaban J connectivity index is 1.51. The number of hydrogen-bond donors (Lipinski definition) is 2. The van der Waals surface area contributed by atoms with Crippen LogP contribution in [0.5, 0.6) is 23.0 Å². The van der Waals surface area contributed by atoms with Crippen molar-refractivity contribution in [2.75, 3.05) is 13.9 Å². The summed E-state index contributed by atoms with van der Waals surface area (Å²) in [6, 6.07) is 7.82. The summed E-state index contributed by atoms with van der Waals surface area (Å²) in [6.45, 7) is 0.210. The van der Waals surface area contributed by atoms with E-state index in [-0.39, 0.29) is 41.0 Å². The highest BCUT2D eigenvalue weighted by atomic mass is 32.1. The minimum atomic E-state index is -1.18.